The van der Waals surface area contributed by atoms with Crippen LogP contribution in [0.1, 0.15) is 120 Å². The number of benzene rings is 2. The summed E-state index contributed by atoms with van der Waals surface area (Å²) < 4.78 is 29.0. The maximum Gasteiger partial charge on any atom is 0.306 e. The van der Waals surface area contributed by atoms with Gasteiger partial charge in [0.2, 0.25) is 11.6 Å². The lowest BCUT2D eigenvalue weighted by Gasteiger charge is -2.45. The number of ether oxygens (including phenoxy) is 5. The average molecular weight is 826 g/mol. The second kappa shape index (κ2) is 17.8. The van der Waals surface area contributed by atoms with Crippen molar-refractivity contribution in [2.24, 2.45) is 0 Å². The number of carbonyl (C=O) groups is 7. The number of likely N-dealkylation sites (tertiary alicyclic amines) is 1. The SMILES string of the molecule is COc1cccc2c1C(=O)c1c(O)c3c(c(O)c1C2=O)C[C@@](O)(C(=O)COC(=O)CCCC(=O)O)C[C@@H]3O[C@H]1C[C@H](N2CCCC2)[C@H](OC(=O)CCCC(=O)O)[C@H](C)O1. The van der Waals surface area contributed by atoms with Gasteiger partial charge < -0.3 is 49.2 Å². The summed E-state index contributed by atoms with van der Waals surface area (Å²) in [6.07, 6.45) is -4.70. The molecule has 2 aliphatic heterocycles. The Bertz CT molecular complexity index is 2040. The van der Waals surface area contributed by atoms with Gasteiger partial charge in [0, 0.05) is 61.6 Å². The minimum atomic E-state index is -2.44. The Balaban J connectivity index is 1.35. The lowest BCUT2D eigenvalue weighted by molar-refractivity contribution is -0.262. The van der Waals surface area contributed by atoms with E-state index in [0.717, 1.165) is 12.8 Å². The normalized spacial score (nSPS) is 25.0. The molecule has 2 saturated heterocycles. The van der Waals surface area contributed by atoms with Gasteiger partial charge in [-0.1, -0.05) is 12.1 Å². The topological polar surface area (TPSA) is 270 Å². The highest BCUT2D eigenvalue weighted by molar-refractivity contribution is 6.31. The zero-order valence-corrected chi connectivity index (χ0v) is 32.6. The van der Waals surface area contributed by atoms with Crippen molar-refractivity contribution < 1.29 is 82.8 Å². The molecule has 0 bridgehead atoms. The number of esters is 2. The number of hydrogen-bond donors (Lipinski definition) is 5. The van der Waals surface area contributed by atoms with Crippen molar-refractivity contribution >= 4 is 41.2 Å². The first kappa shape index (κ1) is 43.2. The van der Waals surface area contributed by atoms with Crippen LogP contribution in [0.5, 0.6) is 17.2 Å². The summed E-state index contributed by atoms with van der Waals surface area (Å²) in [5, 5.41) is 53.7. The molecule has 0 spiro atoms. The van der Waals surface area contributed by atoms with Gasteiger partial charge in [0.05, 0.1) is 42.0 Å². The van der Waals surface area contributed by atoms with E-state index in [1.165, 1.54) is 25.3 Å². The number of phenolic OH excluding ortho intramolecular Hbond substituents is 2. The number of aromatic hydroxyl groups is 2. The number of ketones is 3. The smallest absolute Gasteiger partial charge is 0.306 e. The minimum absolute atomic E-state index is 0.0445. The summed E-state index contributed by atoms with van der Waals surface area (Å²) in [6, 6.07) is 3.82. The molecule has 4 aliphatic rings. The third-order valence-corrected chi connectivity index (χ3v) is 11.3. The maximum absolute atomic E-state index is 14.1. The van der Waals surface area contributed by atoms with Crippen LogP contribution in [0.4, 0.5) is 0 Å². The van der Waals surface area contributed by atoms with Gasteiger partial charge in [0.1, 0.15) is 29.0 Å². The lowest BCUT2D eigenvalue weighted by Crippen LogP contribution is -2.56. The van der Waals surface area contributed by atoms with E-state index in [2.05, 4.69) is 4.90 Å². The Labute approximate surface area is 337 Å². The number of carbonyl (C=O) groups excluding carboxylic acids is 5. The summed E-state index contributed by atoms with van der Waals surface area (Å²) in [4.78, 5) is 91.0. The molecule has 5 N–H and O–H groups in total. The number of methoxy groups -OCH3 is 1. The molecule has 318 valence electrons. The molecule has 0 saturated carbocycles. The second-order valence-corrected chi connectivity index (χ2v) is 15.3. The third kappa shape index (κ3) is 8.95. The number of Topliss-reactive ketones (excluding diaryl/α,β-unsaturated/α-hetero) is 1. The Morgan fingerprint density at radius 2 is 1.53 bits per heavy atom. The molecule has 2 heterocycles. The van der Waals surface area contributed by atoms with Gasteiger partial charge in [-0.3, -0.25) is 38.5 Å². The summed E-state index contributed by atoms with van der Waals surface area (Å²) in [5.74, 6) is -7.85. The zero-order valence-electron chi connectivity index (χ0n) is 32.6. The quantitative estimate of drug-likeness (QED) is 0.103. The van der Waals surface area contributed by atoms with E-state index in [-0.39, 0.29) is 72.9 Å². The summed E-state index contributed by atoms with van der Waals surface area (Å²) in [7, 11) is 1.30. The number of fused-ring (bicyclic) bond motifs is 3. The fraction of sp³-hybridized carbons (Fsp3) is 0.537. The second-order valence-electron chi connectivity index (χ2n) is 15.3. The van der Waals surface area contributed by atoms with Crippen molar-refractivity contribution in [1.29, 1.82) is 0 Å². The highest BCUT2D eigenvalue weighted by Gasteiger charge is 2.51. The summed E-state index contributed by atoms with van der Waals surface area (Å²) in [6.45, 7) is 2.03. The molecule has 2 aromatic carbocycles. The molecular formula is C41H47NO17. The van der Waals surface area contributed by atoms with Crippen molar-refractivity contribution in [2.45, 2.75) is 114 Å². The Morgan fingerprint density at radius 1 is 0.881 bits per heavy atom. The largest absolute Gasteiger partial charge is 0.507 e. The number of rotatable bonds is 16. The lowest BCUT2D eigenvalue weighted by atomic mass is 9.72. The third-order valence-electron chi connectivity index (χ3n) is 11.3. The maximum atomic E-state index is 14.1. The Morgan fingerprint density at radius 3 is 2.17 bits per heavy atom. The van der Waals surface area contributed by atoms with Gasteiger partial charge in [0.15, 0.2) is 18.7 Å². The molecule has 6 rings (SSSR count). The first-order valence-corrected chi connectivity index (χ1v) is 19.5. The molecule has 2 fully saturated rings. The van der Waals surface area contributed by atoms with Crippen LogP contribution in [0.25, 0.3) is 0 Å². The number of aliphatic hydroxyl groups is 1. The van der Waals surface area contributed by atoms with Crippen LogP contribution in [0.2, 0.25) is 0 Å². The van der Waals surface area contributed by atoms with Gasteiger partial charge in [-0.15, -0.1) is 0 Å². The predicted octanol–water partition coefficient (Wildman–Crippen LogP) is 2.75. The van der Waals surface area contributed by atoms with Crippen LogP contribution in [-0.2, 0) is 49.3 Å². The van der Waals surface area contributed by atoms with Crippen LogP contribution in [0.3, 0.4) is 0 Å². The van der Waals surface area contributed by atoms with Gasteiger partial charge in [-0.25, -0.2) is 0 Å². The standard InChI is InChI=1S/C41H47NO17/c1-20-40(59-30(49)13-7-11-28(46)47)23(42-14-3-4-15-42)16-31(57-20)58-25-18-41(54,26(43)19-56-29(48)12-6-10-27(44)45)17-22-33(25)39(53)35-34(37(22)51)36(50)21-8-5-9-24(55-2)32(21)38(35)52/h5,8-9,20,23,25,31,40,51,53-54H,3-4,6-7,10-19H2,1-2H3,(H,44,45)(H,46,47)/t20-,23-,25-,31-,40+,41-/m0/s1. The Hall–Kier alpha value is -5.43. The number of aliphatic carboxylic acids is 2. The summed E-state index contributed by atoms with van der Waals surface area (Å²) >= 11 is 0. The number of carboxylic acid groups (broad SMARTS) is 2. The van der Waals surface area contributed by atoms with E-state index >= 15 is 0 Å². The van der Waals surface area contributed by atoms with Gasteiger partial charge >= 0.3 is 23.9 Å². The minimum Gasteiger partial charge on any atom is -0.507 e. The molecule has 0 amide bonds. The number of carboxylic acids is 2. The van der Waals surface area contributed by atoms with E-state index < -0.39 is 120 Å². The average Bonchev–Trinajstić information content (AvgIpc) is 3.72. The van der Waals surface area contributed by atoms with Crippen molar-refractivity contribution in [1.82, 2.24) is 4.90 Å². The first-order chi connectivity index (χ1) is 28.0. The summed E-state index contributed by atoms with van der Waals surface area (Å²) in [5.41, 5.74) is -4.26. The molecule has 0 aromatic heterocycles. The highest BCUT2D eigenvalue weighted by Crippen LogP contribution is 2.53. The molecule has 2 aliphatic carbocycles. The molecule has 0 radical (unpaired) electrons. The number of nitrogens with zero attached hydrogens (tertiary/aromatic N) is 1. The van der Waals surface area contributed by atoms with Crippen LogP contribution in [0, 0.1) is 0 Å². The molecule has 18 nitrogen and oxygen atoms in total. The van der Waals surface area contributed by atoms with Gasteiger partial charge in [0.25, 0.3) is 0 Å². The van der Waals surface area contributed by atoms with Crippen LogP contribution in [0.15, 0.2) is 18.2 Å². The van der Waals surface area contributed by atoms with E-state index in [1.807, 2.05) is 0 Å². The van der Waals surface area contributed by atoms with E-state index in [9.17, 15) is 48.9 Å². The van der Waals surface area contributed by atoms with Crippen LogP contribution >= 0.6 is 0 Å². The van der Waals surface area contributed by atoms with Crippen molar-refractivity contribution in [3.05, 3.63) is 51.6 Å². The van der Waals surface area contributed by atoms with Gasteiger partial charge in [-0.05, 0) is 51.8 Å². The highest BCUT2D eigenvalue weighted by atomic mass is 16.7. The van der Waals surface area contributed by atoms with Crippen molar-refractivity contribution in [2.75, 3.05) is 26.8 Å². The monoisotopic (exact) mass is 825 g/mol. The molecular weight excluding hydrogens is 778 g/mol. The zero-order chi connectivity index (χ0) is 42.8. The molecule has 6 atom stereocenters. The molecule has 2 aromatic rings. The molecule has 0 unspecified atom stereocenters. The first-order valence-electron chi connectivity index (χ1n) is 19.5. The van der Waals surface area contributed by atoms with E-state index in [0.29, 0.717) is 13.1 Å². The molecule has 18 heteroatoms. The number of phenols is 2. The van der Waals surface area contributed by atoms with Crippen molar-refractivity contribution in [3.8, 4) is 17.2 Å². The van der Waals surface area contributed by atoms with Gasteiger partial charge in [-0.2, -0.15) is 0 Å². The van der Waals surface area contributed by atoms with Crippen LogP contribution < -0.4 is 4.74 Å². The fourth-order valence-corrected chi connectivity index (χ4v) is 8.47. The number of hydrogen-bond acceptors (Lipinski definition) is 16. The molecule has 59 heavy (non-hydrogen) atoms. The fourth-order valence-electron chi connectivity index (χ4n) is 8.47. The predicted molar refractivity (Wildman–Crippen MR) is 199 cm³/mol. The van der Waals surface area contributed by atoms with Crippen molar-refractivity contribution in [3.63, 3.8) is 0 Å². The Kier molecular flexibility index (Phi) is 13.0. The van der Waals surface area contributed by atoms with E-state index in [1.54, 1.807) is 6.92 Å². The van der Waals surface area contributed by atoms with E-state index in [4.69, 9.17) is 33.9 Å². The van der Waals surface area contributed by atoms with Crippen LogP contribution in [-0.4, -0.2) is 129 Å².